The minimum Gasteiger partial charge on any atom is -0.490 e. The van der Waals surface area contributed by atoms with E-state index in [0.717, 1.165) is 11.3 Å². The molecule has 0 spiro atoms. The van der Waals surface area contributed by atoms with E-state index >= 15 is 0 Å². The average molecular weight is 431 g/mol. The smallest absolute Gasteiger partial charge is 0.345 e. The lowest BCUT2D eigenvalue weighted by atomic mass is 10.2. The van der Waals surface area contributed by atoms with Crippen LogP contribution in [0.4, 0.5) is 5.69 Å². The number of hydrazine groups is 1. The normalized spacial score (nSPS) is 10.4. The van der Waals surface area contributed by atoms with Crippen LogP contribution in [0.3, 0.4) is 0 Å². The Morgan fingerprint density at radius 2 is 1.76 bits per heavy atom. The van der Waals surface area contributed by atoms with Gasteiger partial charge in [0.2, 0.25) is 0 Å². The maximum atomic E-state index is 12.5. The molecule has 0 aliphatic heterocycles. The molecule has 3 rings (SSSR count). The molecule has 0 aliphatic rings. The molecule has 0 bridgehead atoms. The minimum absolute atomic E-state index is 0.230. The number of benzene rings is 3. The Morgan fingerprint density at radius 3 is 2.48 bits per heavy atom. The fourth-order valence-electron chi connectivity index (χ4n) is 2.59. The van der Waals surface area contributed by atoms with Gasteiger partial charge in [0.15, 0.2) is 11.5 Å². The number of ether oxygens (including phenoxy) is 2. The van der Waals surface area contributed by atoms with Gasteiger partial charge in [0.05, 0.1) is 17.2 Å². The van der Waals surface area contributed by atoms with Gasteiger partial charge in [-0.3, -0.25) is 0 Å². The van der Waals surface area contributed by atoms with Crippen LogP contribution in [-0.4, -0.2) is 12.6 Å². The maximum absolute atomic E-state index is 12.5. The molecule has 0 saturated carbocycles. The molecular weight excluding hydrogens is 411 g/mol. The Morgan fingerprint density at radius 1 is 0.966 bits per heavy atom. The molecule has 0 radical (unpaired) electrons. The van der Waals surface area contributed by atoms with Gasteiger partial charge in [0, 0.05) is 17.3 Å². The van der Waals surface area contributed by atoms with Crippen molar-refractivity contribution in [3.05, 3.63) is 87.9 Å². The number of halogens is 2. The van der Waals surface area contributed by atoms with Crippen molar-refractivity contribution in [2.45, 2.75) is 13.5 Å². The van der Waals surface area contributed by atoms with Crippen molar-refractivity contribution in [1.82, 2.24) is 5.43 Å². The predicted octanol–water partition coefficient (Wildman–Crippen LogP) is 5.73. The molecular formula is C22H20Cl2N2O3. The number of hydrogen-bond acceptors (Lipinski definition) is 5. The summed E-state index contributed by atoms with van der Waals surface area (Å²) in [7, 11) is 0. The number of para-hydroxylation sites is 1. The molecule has 3 aromatic rings. The summed E-state index contributed by atoms with van der Waals surface area (Å²) in [6, 6.07) is 19.8. The fraction of sp³-hybridized carbons (Fsp3) is 0.136. The third-order valence-corrected chi connectivity index (χ3v) is 4.51. The zero-order valence-electron chi connectivity index (χ0n) is 15.7. The van der Waals surface area contributed by atoms with E-state index in [1.165, 1.54) is 12.1 Å². The highest BCUT2D eigenvalue weighted by atomic mass is 35.5. The Kier molecular flexibility index (Phi) is 7.36. The SMILES string of the molecule is CCOc1cc(CNNc2ccccc2)ccc1OC(=O)c1ccc(Cl)cc1Cl. The van der Waals surface area contributed by atoms with Gasteiger partial charge >= 0.3 is 5.97 Å². The first-order chi connectivity index (χ1) is 14.1. The van der Waals surface area contributed by atoms with E-state index in [4.69, 9.17) is 32.7 Å². The molecule has 150 valence electrons. The predicted molar refractivity (Wildman–Crippen MR) is 116 cm³/mol. The van der Waals surface area contributed by atoms with Crippen molar-refractivity contribution < 1.29 is 14.3 Å². The van der Waals surface area contributed by atoms with Crippen LogP contribution >= 0.6 is 23.2 Å². The lowest BCUT2D eigenvalue weighted by molar-refractivity contribution is 0.0728. The quantitative estimate of drug-likeness (QED) is 0.271. The van der Waals surface area contributed by atoms with Gasteiger partial charge in [-0.15, -0.1) is 0 Å². The number of rotatable bonds is 8. The fourth-order valence-corrected chi connectivity index (χ4v) is 3.08. The molecule has 2 N–H and O–H groups in total. The van der Waals surface area contributed by atoms with Crippen molar-refractivity contribution in [3.63, 3.8) is 0 Å². The van der Waals surface area contributed by atoms with Crippen LogP contribution in [0.5, 0.6) is 11.5 Å². The van der Waals surface area contributed by atoms with Crippen LogP contribution < -0.4 is 20.3 Å². The number of hydrogen-bond donors (Lipinski definition) is 2. The van der Waals surface area contributed by atoms with Gasteiger partial charge in [0.25, 0.3) is 0 Å². The van der Waals surface area contributed by atoms with Gasteiger partial charge in [-0.05, 0) is 55.0 Å². The van der Waals surface area contributed by atoms with Gasteiger partial charge in [0.1, 0.15) is 0 Å². The molecule has 0 fully saturated rings. The van der Waals surface area contributed by atoms with E-state index in [1.54, 1.807) is 12.1 Å². The summed E-state index contributed by atoms with van der Waals surface area (Å²) in [5.41, 5.74) is 8.42. The summed E-state index contributed by atoms with van der Waals surface area (Å²) in [6.07, 6.45) is 0. The minimum atomic E-state index is -0.579. The van der Waals surface area contributed by atoms with E-state index in [1.807, 2.05) is 49.4 Å². The Bertz CT molecular complexity index is 981. The standard InChI is InChI=1S/C22H20Cl2N2O3/c1-2-28-21-12-15(14-25-26-17-6-4-3-5-7-17)8-11-20(21)29-22(27)18-10-9-16(23)13-19(18)24/h3-13,25-26H,2,14H2,1H3. The molecule has 29 heavy (non-hydrogen) atoms. The molecule has 0 amide bonds. The van der Waals surface area contributed by atoms with E-state index in [2.05, 4.69) is 10.9 Å². The maximum Gasteiger partial charge on any atom is 0.345 e. The third-order valence-electron chi connectivity index (χ3n) is 3.96. The number of anilines is 1. The highest BCUT2D eigenvalue weighted by molar-refractivity contribution is 6.36. The third kappa shape index (κ3) is 5.87. The van der Waals surface area contributed by atoms with Crippen molar-refractivity contribution >= 4 is 34.9 Å². The van der Waals surface area contributed by atoms with Crippen LogP contribution in [-0.2, 0) is 6.54 Å². The first-order valence-corrected chi connectivity index (χ1v) is 9.79. The number of carbonyl (C=O) groups is 1. The average Bonchev–Trinajstić information content (AvgIpc) is 2.71. The number of nitrogens with one attached hydrogen (secondary N) is 2. The van der Waals surface area contributed by atoms with Crippen LogP contribution in [0.15, 0.2) is 66.7 Å². The first-order valence-electron chi connectivity index (χ1n) is 9.03. The van der Waals surface area contributed by atoms with Crippen molar-refractivity contribution in [3.8, 4) is 11.5 Å². The summed E-state index contributed by atoms with van der Waals surface area (Å²) in [6.45, 7) is 2.85. The van der Waals surface area contributed by atoms with Crippen LogP contribution in [0, 0.1) is 0 Å². The lowest BCUT2D eigenvalue weighted by Gasteiger charge is -2.14. The Balaban J connectivity index is 1.69. The zero-order chi connectivity index (χ0) is 20.6. The highest BCUT2D eigenvalue weighted by Crippen LogP contribution is 2.30. The van der Waals surface area contributed by atoms with Crippen molar-refractivity contribution in [2.24, 2.45) is 0 Å². The molecule has 5 nitrogen and oxygen atoms in total. The van der Waals surface area contributed by atoms with Crippen LogP contribution in [0.2, 0.25) is 10.0 Å². The monoisotopic (exact) mass is 430 g/mol. The second-order valence-corrected chi connectivity index (χ2v) is 6.92. The topological polar surface area (TPSA) is 59.6 Å². The Labute approximate surface area is 179 Å². The van der Waals surface area contributed by atoms with Crippen LogP contribution in [0.1, 0.15) is 22.8 Å². The highest BCUT2D eigenvalue weighted by Gasteiger charge is 2.16. The van der Waals surface area contributed by atoms with E-state index < -0.39 is 5.97 Å². The molecule has 0 atom stereocenters. The lowest BCUT2D eigenvalue weighted by Crippen LogP contribution is -2.20. The van der Waals surface area contributed by atoms with E-state index in [9.17, 15) is 4.79 Å². The van der Waals surface area contributed by atoms with Crippen LogP contribution in [0.25, 0.3) is 0 Å². The zero-order valence-corrected chi connectivity index (χ0v) is 17.3. The number of carbonyl (C=O) groups excluding carboxylic acids is 1. The number of esters is 1. The largest absolute Gasteiger partial charge is 0.490 e. The molecule has 7 heteroatoms. The summed E-state index contributed by atoms with van der Waals surface area (Å²) >= 11 is 12.0. The van der Waals surface area contributed by atoms with Gasteiger partial charge in [-0.25, -0.2) is 10.2 Å². The second-order valence-electron chi connectivity index (χ2n) is 6.07. The summed E-state index contributed by atoms with van der Waals surface area (Å²) < 4.78 is 11.2. The van der Waals surface area contributed by atoms with Crippen molar-refractivity contribution in [2.75, 3.05) is 12.0 Å². The molecule has 0 aliphatic carbocycles. The van der Waals surface area contributed by atoms with Gasteiger partial charge in [-0.2, -0.15) is 0 Å². The second kappa shape index (κ2) is 10.2. The Hall–Kier alpha value is -2.73. The molecule has 0 saturated heterocycles. The van der Waals surface area contributed by atoms with E-state index in [0.29, 0.717) is 29.7 Å². The molecule has 3 aromatic carbocycles. The first kappa shape index (κ1) is 21.0. The van der Waals surface area contributed by atoms with Gasteiger partial charge in [-0.1, -0.05) is 47.5 Å². The molecule has 0 unspecified atom stereocenters. The molecule has 0 aromatic heterocycles. The molecule has 0 heterocycles. The van der Waals surface area contributed by atoms with Gasteiger partial charge < -0.3 is 14.9 Å². The summed E-state index contributed by atoms with van der Waals surface area (Å²) in [4.78, 5) is 12.5. The summed E-state index contributed by atoms with van der Waals surface area (Å²) in [5, 5.41) is 0.677. The van der Waals surface area contributed by atoms with Crippen molar-refractivity contribution in [1.29, 1.82) is 0 Å². The van der Waals surface area contributed by atoms with E-state index in [-0.39, 0.29) is 10.6 Å². The summed E-state index contributed by atoms with van der Waals surface area (Å²) in [5.74, 6) is 0.219.